The lowest BCUT2D eigenvalue weighted by Gasteiger charge is -2.26. The van der Waals surface area contributed by atoms with Gasteiger partial charge in [-0.1, -0.05) is 6.07 Å². The molecule has 0 fully saturated rings. The number of aromatic hydroxyl groups is 1. The molecule has 0 saturated carbocycles. The topological polar surface area (TPSA) is 32.3 Å². The summed E-state index contributed by atoms with van der Waals surface area (Å²) >= 11 is 4.32. The monoisotopic (exact) mass is 399 g/mol. The molecule has 0 aliphatic heterocycles. The Hall–Kier alpha value is -0.750. The molecule has 4 heteroatoms. The smallest absolute Gasteiger partial charge is 0.123 e. The second kappa shape index (κ2) is 5.56. The van der Waals surface area contributed by atoms with Crippen molar-refractivity contribution >= 4 is 39.6 Å². The first-order chi connectivity index (χ1) is 9.56. The van der Waals surface area contributed by atoms with Crippen LogP contribution in [-0.4, -0.2) is 5.11 Å². The van der Waals surface area contributed by atoms with Crippen molar-refractivity contribution in [2.75, 3.05) is 5.32 Å². The highest BCUT2D eigenvalue weighted by Gasteiger charge is 2.23. The molecule has 2 aromatic rings. The van der Waals surface area contributed by atoms with Gasteiger partial charge in [0.2, 0.25) is 0 Å². The minimum atomic E-state index is 0.374. The van der Waals surface area contributed by atoms with Crippen molar-refractivity contribution in [3.63, 3.8) is 0 Å². The standard InChI is InChI=1S/C16H18INOS/c1-9-6-7-12(10(2)16(9)19)18-13-4-3-5-14-11(13)8-15(17)20-14/h6-8,13,18-19H,3-5H2,1-2H3. The summed E-state index contributed by atoms with van der Waals surface area (Å²) in [5, 5.41) is 13.7. The number of hydrogen-bond acceptors (Lipinski definition) is 3. The molecule has 0 bridgehead atoms. The van der Waals surface area contributed by atoms with Crippen LogP contribution < -0.4 is 5.32 Å². The average Bonchev–Trinajstić information content (AvgIpc) is 2.81. The van der Waals surface area contributed by atoms with Crippen LogP contribution in [0.3, 0.4) is 0 Å². The van der Waals surface area contributed by atoms with Gasteiger partial charge in [-0.3, -0.25) is 0 Å². The first-order valence-corrected chi connectivity index (χ1v) is 8.79. The van der Waals surface area contributed by atoms with E-state index in [9.17, 15) is 5.11 Å². The van der Waals surface area contributed by atoms with Gasteiger partial charge >= 0.3 is 0 Å². The van der Waals surface area contributed by atoms with E-state index in [1.165, 1.54) is 26.2 Å². The van der Waals surface area contributed by atoms with E-state index in [1.54, 1.807) is 0 Å². The summed E-state index contributed by atoms with van der Waals surface area (Å²) in [7, 11) is 0. The van der Waals surface area contributed by atoms with E-state index in [1.807, 2.05) is 31.3 Å². The summed E-state index contributed by atoms with van der Waals surface area (Å²) in [5.41, 5.74) is 4.38. The molecule has 0 saturated heterocycles. The lowest BCUT2D eigenvalue weighted by molar-refractivity contribution is 0.467. The van der Waals surface area contributed by atoms with Crippen LogP contribution in [0.5, 0.6) is 5.75 Å². The van der Waals surface area contributed by atoms with E-state index in [2.05, 4.69) is 40.0 Å². The fraction of sp³-hybridized carbons (Fsp3) is 0.375. The van der Waals surface area contributed by atoms with Crippen LogP contribution in [0, 0.1) is 16.7 Å². The van der Waals surface area contributed by atoms with Crippen molar-refractivity contribution in [2.24, 2.45) is 0 Å². The van der Waals surface area contributed by atoms with Gasteiger partial charge in [-0.15, -0.1) is 11.3 Å². The number of phenolic OH excluding ortho intramolecular Hbond substituents is 1. The molecule has 1 aliphatic rings. The third kappa shape index (κ3) is 2.55. The Labute approximate surface area is 137 Å². The maximum atomic E-state index is 10.1. The number of nitrogens with one attached hydrogen (secondary N) is 1. The first-order valence-electron chi connectivity index (χ1n) is 6.90. The predicted octanol–water partition coefficient (Wildman–Crippen LogP) is 5.16. The Kier molecular flexibility index (Phi) is 3.95. The first kappa shape index (κ1) is 14.2. The highest BCUT2D eigenvalue weighted by atomic mass is 127. The third-order valence-electron chi connectivity index (χ3n) is 4.05. The molecule has 0 spiro atoms. The van der Waals surface area contributed by atoms with Gasteiger partial charge in [0.25, 0.3) is 0 Å². The summed E-state index contributed by atoms with van der Waals surface area (Å²) in [4.78, 5) is 1.52. The fourth-order valence-corrected chi connectivity index (χ4v) is 4.97. The quantitative estimate of drug-likeness (QED) is 0.684. The van der Waals surface area contributed by atoms with E-state index < -0.39 is 0 Å². The van der Waals surface area contributed by atoms with Gasteiger partial charge in [0.1, 0.15) is 5.75 Å². The second-order valence-corrected chi connectivity index (χ2v) is 8.45. The Balaban J connectivity index is 1.91. The number of aryl methyl sites for hydroxylation is 2. The van der Waals surface area contributed by atoms with Gasteiger partial charge in [0.15, 0.2) is 0 Å². The maximum absolute atomic E-state index is 10.1. The lowest BCUT2D eigenvalue weighted by atomic mass is 9.93. The molecular formula is C16H18INOS. The Morgan fingerprint density at radius 3 is 2.95 bits per heavy atom. The van der Waals surface area contributed by atoms with Gasteiger partial charge in [-0.25, -0.2) is 0 Å². The van der Waals surface area contributed by atoms with E-state index in [-0.39, 0.29) is 0 Å². The van der Waals surface area contributed by atoms with Gasteiger partial charge < -0.3 is 10.4 Å². The van der Waals surface area contributed by atoms with Crippen molar-refractivity contribution in [1.29, 1.82) is 0 Å². The summed E-state index contributed by atoms with van der Waals surface area (Å²) in [6.45, 7) is 3.91. The second-order valence-electron chi connectivity index (χ2n) is 5.42. The van der Waals surface area contributed by atoms with E-state index in [0.29, 0.717) is 11.8 Å². The maximum Gasteiger partial charge on any atom is 0.123 e. The van der Waals surface area contributed by atoms with Gasteiger partial charge in [-0.2, -0.15) is 0 Å². The molecule has 0 radical (unpaired) electrons. The number of halogens is 1. The SMILES string of the molecule is Cc1ccc(NC2CCCc3sc(I)cc32)c(C)c1O. The Morgan fingerprint density at radius 2 is 2.15 bits per heavy atom. The van der Waals surface area contributed by atoms with E-state index in [4.69, 9.17) is 0 Å². The molecule has 20 heavy (non-hydrogen) atoms. The lowest BCUT2D eigenvalue weighted by Crippen LogP contribution is -2.16. The molecule has 1 atom stereocenters. The third-order valence-corrected chi connectivity index (χ3v) is 6.02. The van der Waals surface area contributed by atoms with Crippen LogP contribution in [0.15, 0.2) is 18.2 Å². The molecular weight excluding hydrogens is 381 g/mol. The van der Waals surface area contributed by atoms with Crippen molar-refractivity contribution in [1.82, 2.24) is 0 Å². The minimum Gasteiger partial charge on any atom is -0.507 e. The highest BCUT2D eigenvalue weighted by molar-refractivity contribution is 14.1. The highest BCUT2D eigenvalue weighted by Crippen LogP contribution is 2.39. The normalized spacial score (nSPS) is 17.9. The number of thiophene rings is 1. The van der Waals surface area contributed by atoms with E-state index >= 15 is 0 Å². The van der Waals surface area contributed by atoms with Crippen molar-refractivity contribution in [2.45, 2.75) is 39.2 Å². The number of hydrogen-bond donors (Lipinski definition) is 2. The van der Waals surface area contributed by atoms with Gasteiger partial charge in [-0.05, 0) is 79.0 Å². The van der Waals surface area contributed by atoms with Crippen LogP contribution in [0.2, 0.25) is 0 Å². The van der Waals surface area contributed by atoms with Crippen LogP contribution >= 0.6 is 33.9 Å². The molecule has 1 aromatic heterocycles. The summed E-state index contributed by atoms with van der Waals surface area (Å²) in [5.74, 6) is 0.408. The van der Waals surface area contributed by atoms with Crippen molar-refractivity contribution < 1.29 is 5.11 Å². The number of rotatable bonds is 2. The van der Waals surface area contributed by atoms with Crippen LogP contribution in [0.1, 0.15) is 40.5 Å². The summed E-state index contributed by atoms with van der Waals surface area (Å²) in [6, 6.07) is 6.74. The average molecular weight is 399 g/mol. The largest absolute Gasteiger partial charge is 0.507 e. The molecule has 1 aromatic carbocycles. The predicted molar refractivity (Wildman–Crippen MR) is 93.9 cm³/mol. The minimum absolute atomic E-state index is 0.374. The van der Waals surface area contributed by atoms with E-state index in [0.717, 1.165) is 23.2 Å². The zero-order valence-electron chi connectivity index (χ0n) is 11.7. The summed E-state index contributed by atoms with van der Waals surface area (Å²) < 4.78 is 1.37. The van der Waals surface area contributed by atoms with Crippen LogP contribution in [0.4, 0.5) is 5.69 Å². The molecule has 1 unspecified atom stereocenters. The van der Waals surface area contributed by atoms with Crippen LogP contribution in [-0.2, 0) is 6.42 Å². The molecule has 2 nitrogen and oxygen atoms in total. The van der Waals surface area contributed by atoms with Crippen molar-refractivity contribution in [3.8, 4) is 5.75 Å². The Morgan fingerprint density at radius 1 is 1.35 bits per heavy atom. The Bertz CT molecular complexity index is 650. The summed E-state index contributed by atoms with van der Waals surface area (Å²) in [6.07, 6.45) is 3.60. The fourth-order valence-electron chi connectivity index (χ4n) is 2.85. The van der Waals surface area contributed by atoms with Gasteiger partial charge in [0.05, 0.1) is 8.93 Å². The van der Waals surface area contributed by atoms with Gasteiger partial charge in [0, 0.05) is 16.1 Å². The number of anilines is 1. The molecule has 0 amide bonds. The molecule has 2 N–H and O–H groups in total. The number of fused-ring (bicyclic) bond motifs is 1. The molecule has 3 rings (SSSR count). The molecule has 1 heterocycles. The number of benzene rings is 1. The van der Waals surface area contributed by atoms with Crippen LogP contribution in [0.25, 0.3) is 0 Å². The molecule has 106 valence electrons. The zero-order valence-corrected chi connectivity index (χ0v) is 14.6. The molecule has 1 aliphatic carbocycles. The van der Waals surface area contributed by atoms with Crippen molar-refractivity contribution in [3.05, 3.63) is 42.7 Å². The number of phenols is 1. The zero-order chi connectivity index (χ0) is 14.3.